The van der Waals surface area contributed by atoms with Crippen LogP contribution in [0.1, 0.15) is 5.56 Å². The Morgan fingerprint density at radius 1 is 1.42 bits per heavy atom. The number of fused-ring (bicyclic) bond motifs is 1. The Balaban J connectivity index is 1.78. The summed E-state index contributed by atoms with van der Waals surface area (Å²) in [4.78, 5) is 2.01. The molecule has 1 unspecified atom stereocenters. The van der Waals surface area contributed by atoms with E-state index >= 15 is 0 Å². The van der Waals surface area contributed by atoms with Crippen LogP contribution in [0.4, 0.5) is 0 Å². The van der Waals surface area contributed by atoms with Crippen molar-refractivity contribution >= 4 is 39.1 Å². The van der Waals surface area contributed by atoms with Crippen LogP contribution in [0.2, 0.25) is 5.02 Å². The van der Waals surface area contributed by atoms with Gasteiger partial charge in [0.15, 0.2) is 16.6 Å². The van der Waals surface area contributed by atoms with E-state index in [4.69, 9.17) is 23.8 Å². The standard InChI is InChI=1S/C12H13ClN2O2S2/c13-9-3-1-8(2-4-9)5-15-11-7-19(16,17)6-10(11)14-12(15)18/h1-4,10-11H,5-7H2,(H-,14,16,17,18)/p+1/t10-,11-/m0/s1. The second kappa shape index (κ2) is 4.70. The predicted octanol–water partition coefficient (Wildman–Crippen LogP) is 1.75. The molecule has 3 rings (SSSR count). The molecule has 2 aliphatic heterocycles. The molecule has 1 aromatic rings. The number of rotatable bonds is 2. The van der Waals surface area contributed by atoms with Crippen molar-refractivity contribution < 1.29 is 8.76 Å². The fourth-order valence-electron chi connectivity index (χ4n) is 2.66. The lowest BCUT2D eigenvalue weighted by molar-refractivity contribution is 0.348. The number of halogens is 1. The highest BCUT2D eigenvalue weighted by Crippen LogP contribution is 2.28. The maximum atomic E-state index is 11.8. The molecule has 0 amide bonds. The summed E-state index contributed by atoms with van der Waals surface area (Å²) < 4.78 is 21.5. The smallest absolute Gasteiger partial charge is 0.218 e. The minimum atomic E-state index is -2.70. The summed E-state index contributed by atoms with van der Waals surface area (Å²) >= 11 is 11.2. The monoisotopic (exact) mass is 317 g/mol. The lowest BCUT2D eigenvalue weighted by atomic mass is 10.1. The summed E-state index contributed by atoms with van der Waals surface area (Å²) in [5, 5.41) is 4.51. The first-order valence-electron chi connectivity index (χ1n) is 5.98. The topological polar surface area (TPSA) is 52.6 Å². The summed E-state index contributed by atoms with van der Waals surface area (Å²) in [6.07, 6.45) is 0. The molecule has 3 atom stereocenters. The fourth-order valence-corrected chi connectivity index (χ4v) is 5.08. The first kappa shape index (κ1) is 13.3. The summed E-state index contributed by atoms with van der Waals surface area (Å²) in [6.45, 7) is 0.639. The Hall–Kier alpha value is -0.690. The van der Waals surface area contributed by atoms with Crippen LogP contribution in [0.25, 0.3) is 0 Å². The molecular weight excluding hydrogens is 304 g/mol. The molecule has 1 aromatic carbocycles. The van der Waals surface area contributed by atoms with Crippen molar-refractivity contribution in [2.24, 2.45) is 0 Å². The lowest BCUT2D eigenvalue weighted by Gasteiger charge is -2.22. The molecular formula is C12H14ClN2O2S2+. The van der Waals surface area contributed by atoms with Gasteiger partial charge >= 0.3 is 0 Å². The quantitative estimate of drug-likeness (QED) is 0.643. The highest BCUT2D eigenvalue weighted by Gasteiger charge is 2.53. The summed E-state index contributed by atoms with van der Waals surface area (Å²) in [6, 6.07) is 7.58. The Morgan fingerprint density at radius 2 is 2.11 bits per heavy atom. The lowest BCUT2D eigenvalue weighted by Crippen LogP contribution is -2.36. The molecule has 0 radical (unpaired) electrons. The normalized spacial score (nSPS) is 33.4. The van der Waals surface area contributed by atoms with E-state index in [1.54, 1.807) is 0 Å². The largest absolute Gasteiger partial charge is 0.353 e. The van der Waals surface area contributed by atoms with E-state index in [2.05, 4.69) is 5.32 Å². The fraction of sp³-hybridized carbons (Fsp3) is 0.417. The van der Waals surface area contributed by atoms with Crippen molar-refractivity contribution in [2.45, 2.75) is 18.6 Å². The van der Waals surface area contributed by atoms with Crippen LogP contribution in [0.3, 0.4) is 0 Å². The highest BCUT2D eigenvalue weighted by atomic mass is 35.5. The Morgan fingerprint density at radius 3 is 2.79 bits per heavy atom. The van der Waals surface area contributed by atoms with Gasteiger partial charge in [0.2, 0.25) is 10.2 Å². The maximum Gasteiger partial charge on any atom is 0.218 e. The van der Waals surface area contributed by atoms with E-state index in [-0.39, 0.29) is 17.8 Å². The maximum absolute atomic E-state index is 11.8. The van der Waals surface area contributed by atoms with Gasteiger partial charge in [0.05, 0.1) is 0 Å². The molecule has 2 N–H and O–H groups in total. The van der Waals surface area contributed by atoms with Crippen molar-refractivity contribution in [1.29, 1.82) is 0 Å². The Labute approximate surface area is 123 Å². The average molecular weight is 318 g/mol. The van der Waals surface area contributed by atoms with E-state index in [1.807, 2.05) is 29.2 Å². The zero-order chi connectivity index (χ0) is 13.6. The van der Waals surface area contributed by atoms with Gasteiger partial charge in [0, 0.05) is 11.6 Å². The first-order valence-corrected chi connectivity index (χ1v) is 8.62. The van der Waals surface area contributed by atoms with Crippen LogP contribution in [0.15, 0.2) is 24.3 Å². The van der Waals surface area contributed by atoms with Crippen molar-refractivity contribution in [1.82, 2.24) is 10.2 Å². The van der Waals surface area contributed by atoms with E-state index in [9.17, 15) is 8.76 Å². The van der Waals surface area contributed by atoms with Crippen molar-refractivity contribution in [2.75, 3.05) is 11.5 Å². The van der Waals surface area contributed by atoms with E-state index in [0.717, 1.165) is 5.56 Å². The molecule has 2 aliphatic rings. The minimum Gasteiger partial charge on any atom is -0.353 e. The van der Waals surface area contributed by atoms with E-state index < -0.39 is 10.2 Å². The van der Waals surface area contributed by atoms with Crippen LogP contribution in [0.5, 0.6) is 0 Å². The zero-order valence-corrected chi connectivity index (χ0v) is 12.5. The van der Waals surface area contributed by atoms with Gasteiger partial charge in [-0.15, -0.1) is 0 Å². The number of hydrogen-bond acceptors (Lipinski definition) is 2. The van der Waals surface area contributed by atoms with Gasteiger partial charge < -0.3 is 10.2 Å². The Kier molecular flexibility index (Phi) is 3.29. The molecule has 2 saturated heterocycles. The van der Waals surface area contributed by atoms with Crippen LogP contribution in [-0.2, 0) is 21.0 Å². The van der Waals surface area contributed by atoms with Crippen LogP contribution in [-0.4, -0.2) is 38.2 Å². The van der Waals surface area contributed by atoms with Gasteiger partial charge in [0.1, 0.15) is 12.1 Å². The minimum absolute atomic E-state index is 0.00250. The van der Waals surface area contributed by atoms with Crippen molar-refractivity contribution in [3.05, 3.63) is 34.9 Å². The molecule has 102 valence electrons. The number of nitrogens with zero attached hydrogens (tertiary/aromatic N) is 1. The molecule has 7 heteroatoms. The molecule has 2 heterocycles. The molecule has 0 bridgehead atoms. The first-order chi connectivity index (χ1) is 8.94. The number of hydrogen-bond donors (Lipinski definition) is 2. The summed E-state index contributed by atoms with van der Waals surface area (Å²) in [5.74, 6) is 0.577. The predicted molar refractivity (Wildman–Crippen MR) is 80.7 cm³/mol. The average Bonchev–Trinajstić information content (AvgIpc) is 2.75. The van der Waals surface area contributed by atoms with E-state index in [0.29, 0.717) is 22.4 Å². The number of thiocarbonyl (C=S) groups is 1. The highest BCUT2D eigenvalue weighted by molar-refractivity contribution is 7.98. The van der Waals surface area contributed by atoms with Gasteiger partial charge in [-0.3, -0.25) is 0 Å². The molecule has 0 aromatic heterocycles. The molecule has 2 fully saturated rings. The van der Waals surface area contributed by atoms with E-state index in [1.165, 1.54) is 0 Å². The zero-order valence-electron chi connectivity index (χ0n) is 10.1. The van der Waals surface area contributed by atoms with Gasteiger partial charge in [-0.05, 0) is 29.9 Å². The summed E-state index contributed by atoms with van der Waals surface area (Å²) in [5.41, 5.74) is 1.09. The van der Waals surface area contributed by atoms with Crippen LogP contribution >= 0.6 is 23.8 Å². The molecule has 19 heavy (non-hydrogen) atoms. The molecule has 4 nitrogen and oxygen atoms in total. The van der Waals surface area contributed by atoms with Gasteiger partial charge in [-0.2, -0.15) is 4.55 Å². The Bertz CT molecular complexity index is 563. The third-order valence-corrected chi connectivity index (χ3v) is 5.92. The summed E-state index contributed by atoms with van der Waals surface area (Å²) in [7, 11) is -2.70. The third-order valence-electron chi connectivity index (χ3n) is 3.57. The number of benzene rings is 1. The molecule has 0 aliphatic carbocycles. The van der Waals surface area contributed by atoms with Crippen molar-refractivity contribution in [3.63, 3.8) is 0 Å². The second-order valence-electron chi connectivity index (χ2n) is 4.98. The van der Waals surface area contributed by atoms with Gasteiger partial charge in [-0.1, -0.05) is 27.9 Å². The molecule has 0 spiro atoms. The number of nitrogens with one attached hydrogen (secondary N) is 1. The third kappa shape index (κ3) is 2.63. The van der Waals surface area contributed by atoms with Crippen LogP contribution in [0, 0.1) is 0 Å². The van der Waals surface area contributed by atoms with Gasteiger partial charge in [-0.25, -0.2) is 0 Å². The van der Waals surface area contributed by atoms with Crippen LogP contribution < -0.4 is 5.32 Å². The van der Waals surface area contributed by atoms with Crippen molar-refractivity contribution in [3.8, 4) is 0 Å². The second-order valence-corrected chi connectivity index (χ2v) is 8.02. The van der Waals surface area contributed by atoms with Gasteiger partial charge in [0.25, 0.3) is 0 Å². The SMILES string of the molecule is O=[S+]1(O)C[C@@H]2NC(=S)N(Cc3ccc(Cl)cc3)[C@H]2C1. The molecule has 0 saturated carbocycles.